The lowest BCUT2D eigenvalue weighted by Crippen LogP contribution is -2.46. The fourth-order valence-corrected chi connectivity index (χ4v) is 1.50. The van der Waals surface area contributed by atoms with Crippen molar-refractivity contribution in [3.8, 4) is 0 Å². The van der Waals surface area contributed by atoms with E-state index in [0.717, 1.165) is 0 Å². The first-order chi connectivity index (χ1) is 7.32. The Balaban J connectivity index is 2.28. The van der Waals surface area contributed by atoms with Gasteiger partial charge in [0.15, 0.2) is 5.79 Å². The molecule has 3 N–H and O–H groups in total. The maximum atomic E-state index is 11.6. The van der Waals surface area contributed by atoms with Crippen LogP contribution in [-0.2, 0) is 14.3 Å². The van der Waals surface area contributed by atoms with Gasteiger partial charge in [-0.05, 0) is 19.8 Å². The minimum Gasteiger partial charge on any atom is -0.352 e. The van der Waals surface area contributed by atoms with Gasteiger partial charge >= 0.3 is 0 Å². The molecule has 0 aromatic heterocycles. The van der Waals surface area contributed by atoms with E-state index in [9.17, 15) is 4.79 Å². The Bertz CT molecular complexity index is 254. The Morgan fingerprint density at radius 1 is 1.56 bits per heavy atom. The molecule has 2 unspecified atom stereocenters. The van der Waals surface area contributed by atoms with E-state index in [1.807, 2.05) is 27.7 Å². The second-order valence-corrected chi connectivity index (χ2v) is 4.97. The Hall–Kier alpha value is -0.650. The number of ether oxygens (including phenoxy) is 2. The van der Waals surface area contributed by atoms with Crippen LogP contribution in [0, 0.1) is 5.92 Å². The van der Waals surface area contributed by atoms with Crippen molar-refractivity contribution in [2.75, 3.05) is 13.2 Å². The summed E-state index contributed by atoms with van der Waals surface area (Å²) in [5, 5.41) is 2.77. The largest absolute Gasteiger partial charge is 0.352 e. The molecular formula is C11H22N2O3. The molecule has 1 amide bonds. The Morgan fingerprint density at radius 2 is 2.19 bits per heavy atom. The van der Waals surface area contributed by atoms with Crippen LogP contribution < -0.4 is 11.1 Å². The van der Waals surface area contributed by atoms with E-state index in [4.69, 9.17) is 15.2 Å². The average molecular weight is 230 g/mol. The van der Waals surface area contributed by atoms with Crippen LogP contribution in [0.15, 0.2) is 0 Å². The predicted octanol–water partition coefficient (Wildman–Crippen LogP) is 0.237. The minimum atomic E-state index is -0.546. The summed E-state index contributed by atoms with van der Waals surface area (Å²) < 4.78 is 10.9. The molecule has 16 heavy (non-hydrogen) atoms. The Morgan fingerprint density at radius 3 is 2.62 bits per heavy atom. The van der Waals surface area contributed by atoms with Crippen LogP contribution in [0.4, 0.5) is 0 Å². The van der Waals surface area contributed by atoms with Crippen molar-refractivity contribution >= 4 is 5.91 Å². The molecular weight excluding hydrogens is 208 g/mol. The molecule has 1 rings (SSSR count). The van der Waals surface area contributed by atoms with Gasteiger partial charge in [-0.15, -0.1) is 0 Å². The van der Waals surface area contributed by atoms with E-state index in [2.05, 4.69) is 5.32 Å². The molecule has 1 fully saturated rings. The molecule has 0 saturated carbocycles. The van der Waals surface area contributed by atoms with Crippen molar-refractivity contribution in [2.24, 2.45) is 11.7 Å². The van der Waals surface area contributed by atoms with E-state index in [1.165, 1.54) is 0 Å². The number of nitrogens with two attached hydrogens (primary N) is 1. The van der Waals surface area contributed by atoms with Gasteiger partial charge in [0.2, 0.25) is 5.91 Å². The second kappa shape index (κ2) is 5.12. The van der Waals surface area contributed by atoms with E-state index in [-0.39, 0.29) is 17.9 Å². The van der Waals surface area contributed by atoms with Crippen LogP contribution in [-0.4, -0.2) is 37.0 Å². The normalized spacial score (nSPS) is 25.8. The van der Waals surface area contributed by atoms with E-state index < -0.39 is 11.8 Å². The summed E-state index contributed by atoms with van der Waals surface area (Å²) in [6, 6.07) is -0.463. The summed E-state index contributed by atoms with van der Waals surface area (Å²) in [5.74, 6) is -0.546. The van der Waals surface area contributed by atoms with Crippen LogP contribution in [0.25, 0.3) is 0 Å². The molecule has 0 aromatic rings. The number of carbonyl (C=O) groups excluding carboxylic acids is 1. The van der Waals surface area contributed by atoms with Crippen molar-refractivity contribution < 1.29 is 14.3 Å². The van der Waals surface area contributed by atoms with Crippen LogP contribution in [0.3, 0.4) is 0 Å². The summed E-state index contributed by atoms with van der Waals surface area (Å²) in [7, 11) is 0. The van der Waals surface area contributed by atoms with Crippen LogP contribution in [0.2, 0.25) is 0 Å². The van der Waals surface area contributed by atoms with Gasteiger partial charge in [-0.1, -0.05) is 13.8 Å². The van der Waals surface area contributed by atoms with Crippen LogP contribution >= 0.6 is 0 Å². The molecule has 94 valence electrons. The third-order valence-corrected chi connectivity index (χ3v) is 2.59. The van der Waals surface area contributed by atoms with Gasteiger partial charge in [-0.3, -0.25) is 4.79 Å². The maximum Gasteiger partial charge on any atom is 0.237 e. The topological polar surface area (TPSA) is 73.6 Å². The van der Waals surface area contributed by atoms with Crippen molar-refractivity contribution in [3.05, 3.63) is 0 Å². The summed E-state index contributed by atoms with van der Waals surface area (Å²) in [6.07, 6.45) is -0.0849. The zero-order valence-electron chi connectivity index (χ0n) is 10.4. The smallest absolute Gasteiger partial charge is 0.237 e. The number of rotatable bonds is 4. The Kier molecular flexibility index (Phi) is 4.29. The summed E-state index contributed by atoms with van der Waals surface area (Å²) >= 11 is 0. The lowest BCUT2D eigenvalue weighted by atomic mass is 10.1. The van der Waals surface area contributed by atoms with Gasteiger partial charge in [0.25, 0.3) is 0 Å². The monoisotopic (exact) mass is 230 g/mol. The van der Waals surface area contributed by atoms with Crippen LogP contribution in [0.1, 0.15) is 27.7 Å². The minimum absolute atomic E-state index is 0.0849. The first kappa shape index (κ1) is 13.4. The summed E-state index contributed by atoms with van der Waals surface area (Å²) in [6.45, 7) is 8.50. The molecule has 0 aromatic carbocycles. The van der Waals surface area contributed by atoms with Crippen molar-refractivity contribution in [3.63, 3.8) is 0 Å². The molecule has 0 radical (unpaired) electrons. The maximum absolute atomic E-state index is 11.6. The average Bonchev–Trinajstić information content (AvgIpc) is 2.53. The number of amides is 1. The molecule has 5 nitrogen and oxygen atoms in total. The molecule has 1 saturated heterocycles. The van der Waals surface area contributed by atoms with E-state index in [1.54, 1.807) is 0 Å². The Labute approximate surface area is 96.7 Å². The first-order valence-electron chi connectivity index (χ1n) is 5.67. The quantitative estimate of drug-likeness (QED) is 0.725. The molecule has 0 bridgehead atoms. The highest BCUT2D eigenvalue weighted by molar-refractivity contribution is 5.81. The third-order valence-electron chi connectivity index (χ3n) is 2.59. The fraction of sp³-hybridized carbons (Fsp3) is 0.909. The van der Waals surface area contributed by atoms with Gasteiger partial charge in [0, 0.05) is 6.54 Å². The second-order valence-electron chi connectivity index (χ2n) is 4.97. The first-order valence-corrected chi connectivity index (χ1v) is 5.67. The zero-order chi connectivity index (χ0) is 12.3. The van der Waals surface area contributed by atoms with Gasteiger partial charge < -0.3 is 20.5 Å². The van der Waals surface area contributed by atoms with Crippen molar-refractivity contribution in [2.45, 2.75) is 45.6 Å². The number of hydrogen-bond donors (Lipinski definition) is 2. The SMILES string of the molecule is CC(C)C(N)C(=O)NCC1COC(C)(C)O1. The van der Waals surface area contributed by atoms with E-state index >= 15 is 0 Å². The summed E-state index contributed by atoms with van der Waals surface area (Å²) in [5.41, 5.74) is 5.71. The highest BCUT2D eigenvalue weighted by Gasteiger charge is 2.32. The molecule has 5 heteroatoms. The standard InChI is InChI=1S/C11H22N2O3/c1-7(2)9(12)10(14)13-5-8-6-15-11(3,4)16-8/h7-9H,5-6,12H2,1-4H3,(H,13,14). The van der Waals surface area contributed by atoms with Crippen molar-refractivity contribution in [1.29, 1.82) is 0 Å². The molecule has 1 aliphatic heterocycles. The van der Waals surface area contributed by atoms with Crippen LogP contribution in [0.5, 0.6) is 0 Å². The molecule has 1 heterocycles. The lowest BCUT2D eigenvalue weighted by Gasteiger charge is -2.19. The fourth-order valence-electron chi connectivity index (χ4n) is 1.50. The molecule has 1 aliphatic rings. The van der Waals surface area contributed by atoms with Gasteiger partial charge in [0.05, 0.1) is 12.6 Å². The highest BCUT2D eigenvalue weighted by atomic mass is 16.7. The van der Waals surface area contributed by atoms with Gasteiger partial charge in [0.1, 0.15) is 6.10 Å². The van der Waals surface area contributed by atoms with Crippen molar-refractivity contribution in [1.82, 2.24) is 5.32 Å². The predicted molar refractivity (Wildman–Crippen MR) is 60.7 cm³/mol. The van der Waals surface area contributed by atoms with Gasteiger partial charge in [-0.2, -0.15) is 0 Å². The zero-order valence-corrected chi connectivity index (χ0v) is 10.4. The number of hydrogen-bond acceptors (Lipinski definition) is 4. The number of nitrogens with one attached hydrogen (secondary N) is 1. The molecule has 0 spiro atoms. The molecule has 2 atom stereocenters. The lowest BCUT2D eigenvalue weighted by molar-refractivity contribution is -0.139. The van der Waals surface area contributed by atoms with Gasteiger partial charge in [-0.25, -0.2) is 0 Å². The summed E-state index contributed by atoms with van der Waals surface area (Å²) in [4.78, 5) is 11.6. The molecule has 0 aliphatic carbocycles. The van der Waals surface area contributed by atoms with E-state index in [0.29, 0.717) is 13.2 Å². The third kappa shape index (κ3) is 3.73. The number of carbonyl (C=O) groups is 1. The highest BCUT2D eigenvalue weighted by Crippen LogP contribution is 2.21.